The number of hydrogen-bond donors (Lipinski definition) is 0. The highest BCUT2D eigenvalue weighted by Gasteiger charge is 2.02. The van der Waals surface area contributed by atoms with Gasteiger partial charge in [0.25, 0.3) is 0 Å². The largest absolute Gasteiger partial charge is 0.480 e. The van der Waals surface area contributed by atoms with E-state index in [0.29, 0.717) is 11.4 Å². The Morgan fingerprint density at radius 3 is 2.92 bits per heavy atom. The number of carbonyl (C=O) groups is 1. The van der Waals surface area contributed by atoms with Crippen LogP contribution in [0.1, 0.15) is 22.8 Å². The molecule has 0 fully saturated rings. The number of methoxy groups -OCH3 is 1. The highest BCUT2D eigenvalue weighted by Crippen LogP contribution is 2.13. The van der Waals surface area contributed by atoms with Gasteiger partial charge in [0, 0.05) is 6.20 Å². The van der Waals surface area contributed by atoms with E-state index in [4.69, 9.17) is 4.74 Å². The molecule has 1 aromatic rings. The predicted molar refractivity (Wildman–Crippen MR) is 45.6 cm³/mol. The van der Waals surface area contributed by atoms with Crippen molar-refractivity contribution in [2.24, 2.45) is 0 Å². The fourth-order valence-corrected chi connectivity index (χ4v) is 0.963. The zero-order valence-corrected chi connectivity index (χ0v) is 7.20. The lowest BCUT2D eigenvalue weighted by atomic mass is 10.2. The maximum absolute atomic E-state index is 10.5. The highest BCUT2D eigenvalue weighted by atomic mass is 16.5. The van der Waals surface area contributed by atoms with Crippen molar-refractivity contribution in [3.8, 4) is 5.88 Å². The van der Waals surface area contributed by atoms with Crippen molar-refractivity contribution in [3.05, 3.63) is 23.4 Å². The van der Waals surface area contributed by atoms with E-state index >= 15 is 0 Å². The zero-order valence-electron chi connectivity index (χ0n) is 7.20. The van der Waals surface area contributed by atoms with Crippen LogP contribution in [0.4, 0.5) is 0 Å². The van der Waals surface area contributed by atoms with Crippen molar-refractivity contribution < 1.29 is 9.53 Å². The third-order valence-corrected chi connectivity index (χ3v) is 1.66. The van der Waals surface area contributed by atoms with Crippen LogP contribution in [0.3, 0.4) is 0 Å². The van der Waals surface area contributed by atoms with Gasteiger partial charge < -0.3 is 4.74 Å². The van der Waals surface area contributed by atoms with E-state index in [1.54, 1.807) is 12.3 Å². The van der Waals surface area contributed by atoms with Crippen LogP contribution < -0.4 is 4.74 Å². The van der Waals surface area contributed by atoms with Crippen LogP contribution in [0.25, 0.3) is 0 Å². The fourth-order valence-electron chi connectivity index (χ4n) is 0.963. The van der Waals surface area contributed by atoms with Crippen LogP contribution in [-0.4, -0.2) is 18.4 Å². The summed E-state index contributed by atoms with van der Waals surface area (Å²) in [5, 5.41) is 0. The second-order valence-electron chi connectivity index (χ2n) is 2.41. The van der Waals surface area contributed by atoms with Crippen LogP contribution in [0, 0.1) is 0 Å². The number of carbonyl (C=O) groups excluding carboxylic acids is 1. The molecule has 0 radical (unpaired) electrons. The second-order valence-corrected chi connectivity index (χ2v) is 2.41. The first-order valence-electron chi connectivity index (χ1n) is 3.80. The normalized spacial score (nSPS) is 9.50. The van der Waals surface area contributed by atoms with Crippen molar-refractivity contribution in [3.63, 3.8) is 0 Å². The molecule has 0 unspecified atom stereocenters. The van der Waals surface area contributed by atoms with Gasteiger partial charge in [-0.25, -0.2) is 4.98 Å². The quantitative estimate of drug-likeness (QED) is 0.636. The smallest absolute Gasteiger partial charge is 0.223 e. The molecule has 0 spiro atoms. The molecule has 0 aliphatic carbocycles. The average molecular weight is 165 g/mol. The molecule has 0 atom stereocenters. The third-order valence-electron chi connectivity index (χ3n) is 1.66. The molecule has 0 saturated carbocycles. The Balaban J connectivity index is 3.10. The van der Waals surface area contributed by atoms with Gasteiger partial charge in [0.05, 0.1) is 12.7 Å². The maximum Gasteiger partial charge on any atom is 0.223 e. The molecule has 0 aliphatic rings. The number of pyridine rings is 1. The molecule has 3 heteroatoms. The molecule has 3 nitrogen and oxygen atoms in total. The standard InChI is InChI=1S/C9H11NO2/c1-3-7-4-8(6-11)9(12-2)10-5-7/h4-6H,3H2,1-2H3. The molecule has 0 saturated heterocycles. The molecule has 0 amide bonds. The topological polar surface area (TPSA) is 39.2 Å². The Hall–Kier alpha value is -1.38. The van der Waals surface area contributed by atoms with E-state index in [1.165, 1.54) is 7.11 Å². The Morgan fingerprint density at radius 1 is 1.67 bits per heavy atom. The number of rotatable bonds is 3. The third kappa shape index (κ3) is 1.61. The lowest BCUT2D eigenvalue weighted by Crippen LogP contribution is -1.95. The molecule has 0 aromatic carbocycles. The highest BCUT2D eigenvalue weighted by molar-refractivity contribution is 5.78. The van der Waals surface area contributed by atoms with Crippen LogP contribution in [0.15, 0.2) is 12.3 Å². The molecule has 1 heterocycles. The van der Waals surface area contributed by atoms with Crippen LogP contribution in [-0.2, 0) is 6.42 Å². The molecule has 12 heavy (non-hydrogen) atoms. The van der Waals surface area contributed by atoms with E-state index in [2.05, 4.69) is 4.98 Å². The van der Waals surface area contributed by atoms with E-state index in [0.717, 1.165) is 18.3 Å². The molecule has 0 N–H and O–H groups in total. The van der Waals surface area contributed by atoms with Crippen molar-refractivity contribution >= 4 is 6.29 Å². The molecule has 0 bridgehead atoms. The molecule has 1 aromatic heterocycles. The van der Waals surface area contributed by atoms with Crippen molar-refractivity contribution in [1.29, 1.82) is 0 Å². The SMILES string of the molecule is CCc1cnc(OC)c(C=O)c1. The van der Waals surface area contributed by atoms with Crippen molar-refractivity contribution in [2.75, 3.05) is 7.11 Å². The summed E-state index contributed by atoms with van der Waals surface area (Å²) < 4.78 is 4.89. The fraction of sp³-hybridized carbons (Fsp3) is 0.333. The van der Waals surface area contributed by atoms with Gasteiger partial charge in [0.15, 0.2) is 6.29 Å². The summed E-state index contributed by atoms with van der Waals surface area (Å²) in [4.78, 5) is 14.5. The number of aryl methyl sites for hydroxylation is 1. The summed E-state index contributed by atoms with van der Waals surface area (Å²) in [6, 6.07) is 1.79. The number of nitrogens with zero attached hydrogens (tertiary/aromatic N) is 1. The van der Waals surface area contributed by atoms with Gasteiger partial charge in [-0.2, -0.15) is 0 Å². The van der Waals surface area contributed by atoms with Crippen LogP contribution >= 0.6 is 0 Å². The number of hydrogen-bond acceptors (Lipinski definition) is 3. The van der Waals surface area contributed by atoms with Crippen molar-refractivity contribution in [2.45, 2.75) is 13.3 Å². The predicted octanol–water partition coefficient (Wildman–Crippen LogP) is 1.47. The van der Waals surface area contributed by atoms with Gasteiger partial charge in [-0.3, -0.25) is 4.79 Å². The average Bonchev–Trinajstić information content (AvgIpc) is 2.16. The summed E-state index contributed by atoms with van der Waals surface area (Å²) in [5.41, 5.74) is 1.55. The first-order chi connectivity index (χ1) is 5.81. The summed E-state index contributed by atoms with van der Waals surface area (Å²) >= 11 is 0. The van der Waals surface area contributed by atoms with E-state index < -0.39 is 0 Å². The van der Waals surface area contributed by atoms with Crippen LogP contribution in [0.5, 0.6) is 5.88 Å². The number of aldehydes is 1. The first kappa shape index (κ1) is 8.71. The van der Waals surface area contributed by atoms with Gasteiger partial charge >= 0.3 is 0 Å². The van der Waals surface area contributed by atoms with Gasteiger partial charge in [0.1, 0.15) is 0 Å². The lowest BCUT2D eigenvalue weighted by Gasteiger charge is -2.02. The van der Waals surface area contributed by atoms with Gasteiger partial charge in [-0.05, 0) is 18.1 Å². The van der Waals surface area contributed by atoms with Crippen LogP contribution in [0.2, 0.25) is 0 Å². The molecule has 1 rings (SSSR count). The summed E-state index contributed by atoms with van der Waals surface area (Å²) in [6.07, 6.45) is 3.34. The molecular formula is C9H11NO2. The Morgan fingerprint density at radius 2 is 2.42 bits per heavy atom. The minimum Gasteiger partial charge on any atom is -0.480 e. The molecule has 0 aliphatic heterocycles. The van der Waals surface area contributed by atoms with Gasteiger partial charge in [0.2, 0.25) is 5.88 Å². The Bertz CT molecular complexity index is 284. The summed E-state index contributed by atoms with van der Waals surface area (Å²) in [5.74, 6) is 0.391. The Kier molecular flexibility index (Phi) is 2.80. The monoisotopic (exact) mass is 165 g/mol. The van der Waals surface area contributed by atoms with Gasteiger partial charge in [-0.1, -0.05) is 6.92 Å². The number of ether oxygens (including phenoxy) is 1. The first-order valence-corrected chi connectivity index (χ1v) is 3.80. The minimum absolute atomic E-state index is 0.391. The maximum atomic E-state index is 10.5. The lowest BCUT2D eigenvalue weighted by molar-refractivity contribution is 0.112. The molecule has 64 valence electrons. The Labute approximate surface area is 71.4 Å². The van der Waals surface area contributed by atoms with Gasteiger partial charge in [-0.15, -0.1) is 0 Å². The minimum atomic E-state index is 0.391. The summed E-state index contributed by atoms with van der Waals surface area (Å²) in [6.45, 7) is 2.01. The molecular weight excluding hydrogens is 154 g/mol. The second kappa shape index (κ2) is 3.85. The van der Waals surface area contributed by atoms with Crippen molar-refractivity contribution in [1.82, 2.24) is 4.98 Å². The van der Waals surface area contributed by atoms with E-state index in [-0.39, 0.29) is 0 Å². The number of aromatic nitrogens is 1. The summed E-state index contributed by atoms with van der Waals surface area (Å²) in [7, 11) is 1.50. The van der Waals surface area contributed by atoms with E-state index in [9.17, 15) is 4.79 Å². The van der Waals surface area contributed by atoms with E-state index in [1.807, 2.05) is 6.92 Å². The zero-order chi connectivity index (χ0) is 8.97.